The molecule has 0 aliphatic heterocycles. The Morgan fingerprint density at radius 2 is 1.70 bits per heavy atom. The van der Waals surface area contributed by atoms with E-state index in [4.69, 9.17) is 4.74 Å². The van der Waals surface area contributed by atoms with Crippen molar-refractivity contribution in [2.75, 3.05) is 0 Å². The van der Waals surface area contributed by atoms with Gasteiger partial charge in [0.1, 0.15) is 6.10 Å². The first-order chi connectivity index (χ1) is 17.1. The van der Waals surface area contributed by atoms with E-state index < -0.39 is 35.4 Å². The molecule has 0 spiro atoms. The predicted octanol–water partition coefficient (Wildman–Crippen LogP) is 4.62. The summed E-state index contributed by atoms with van der Waals surface area (Å²) in [6.07, 6.45) is 1.26. The first-order valence-electron chi connectivity index (χ1n) is 14.7. The van der Waals surface area contributed by atoms with Gasteiger partial charge in [0.2, 0.25) is 0 Å². The minimum absolute atomic E-state index is 0.00517. The molecule has 0 bridgehead atoms. The summed E-state index contributed by atoms with van der Waals surface area (Å²) in [7, 11) is 0. The van der Waals surface area contributed by atoms with Crippen molar-refractivity contribution >= 4 is 5.97 Å². The lowest BCUT2D eigenvalue weighted by Crippen LogP contribution is -2.71. The number of fused-ring (bicyclic) bond motifs is 5. The molecule has 0 radical (unpaired) electrons. The summed E-state index contributed by atoms with van der Waals surface area (Å²) >= 11 is 0. The van der Waals surface area contributed by atoms with Crippen molar-refractivity contribution in [1.82, 2.24) is 0 Å². The van der Waals surface area contributed by atoms with E-state index in [0.717, 1.165) is 12.0 Å². The normalized spacial score (nSPS) is 48.5. The van der Waals surface area contributed by atoms with Crippen LogP contribution in [0, 0.1) is 46.3 Å². The molecule has 6 heteroatoms. The number of aliphatic hydroxyl groups is 4. The summed E-state index contributed by atoms with van der Waals surface area (Å²) in [5.74, 6) is 1.31. The molecule has 37 heavy (non-hydrogen) atoms. The maximum atomic E-state index is 12.4. The quantitative estimate of drug-likeness (QED) is 0.311. The Balaban J connectivity index is 1.77. The van der Waals surface area contributed by atoms with Gasteiger partial charge in [-0.15, -0.1) is 0 Å². The maximum Gasteiger partial charge on any atom is 0.302 e. The lowest BCUT2D eigenvalue weighted by molar-refractivity contribution is -0.281. The summed E-state index contributed by atoms with van der Waals surface area (Å²) in [6, 6.07) is 0. The van der Waals surface area contributed by atoms with E-state index >= 15 is 0 Å². The van der Waals surface area contributed by atoms with Gasteiger partial charge >= 0.3 is 5.97 Å². The van der Waals surface area contributed by atoms with Crippen LogP contribution in [0.1, 0.15) is 100 Å². The van der Waals surface area contributed by atoms with E-state index in [-0.39, 0.29) is 35.6 Å². The fourth-order valence-electron chi connectivity index (χ4n) is 9.71. The third kappa shape index (κ3) is 4.52. The predicted molar refractivity (Wildman–Crippen MR) is 143 cm³/mol. The molecule has 0 saturated heterocycles. The molecule has 4 saturated carbocycles. The van der Waals surface area contributed by atoms with Gasteiger partial charge in [-0.3, -0.25) is 4.79 Å². The molecule has 0 aromatic carbocycles. The molecule has 212 valence electrons. The van der Waals surface area contributed by atoms with E-state index in [0.29, 0.717) is 49.9 Å². The van der Waals surface area contributed by atoms with Crippen LogP contribution in [0.25, 0.3) is 0 Å². The van der Waals surface area contributed by atoms with Crippen molar-refractivity contribution < 1.29 is 30.0 Å². The van der Waals surface area contributed by atoms with Gasteiger partial charge in [-0.2, -0.15) is 0 Å². The van der Waals surface area contributed by atoms with Crippen LogP contribution in [0.5, 0.6) is 0 Å². The highest BCUT2D eigenvalue weighted by Gasteiger charge is 2.70. The molecule has 0 aromatic rings. The Kier molecular flexibility index (Phi) is 7.78. The zero-order chi connectivity index (χ0) is 27.7. The molecule has 0 aromatic heterocycles. The van der Waals surface area contributed by atoms with Crippen molar-refractivity contribution in [2.45, 2.75) is 130 Å². The Morgan fingerprint density at radius 3 is 2.30 bits per heavy atom. The zero-order valence-corrected chi connectivity index (χ0v) is 24.3. The molecule has 4 rings (SSSR count). The third-order valence-electron chi connectivity index (χ3n) is 11.9. The number of aliphatic hydroxyl groups excluding tert-OH is 3. The second kappa shape index (κ2) is 9.91. The van der Waals surface area contributed by atoms with Gasteiger partial charge in [0.05, 0.1) is 23.9 Å². The molecule has 4 N–H and O–H groups in total. The molecule has 0 unspecified atom stereocenters. The number of esters is 1. The Bertz CT molecular complexity index is 913. The van der Waals surface area contributed by atoms with E-state index in [2.05, 4.69) is 41.5 Å². The van der Waals surface area contributed by atoms with Gasteiger partial charge in [-0.1, -0.05) is 47.1 Å². The van der Waals surface area contributed by atoms with Gasteiger partial charge < -0.3 is 25.2 Å². The fourth-order valence-corrected chi connectivity index (χ4v) is 9.71. The van der Waals surface area contributed by atoms with Crippen molar-refractivity contribution in [2.24, 2.45) is 46.3 Å². The molecule has 6 nitrogen and oxygen atoms in total. The van der Waals surface area contributed by atoms with Crippen LogP contribution in [0.4, 0.5) is 0 Å². The second-order valence-electron chi connectivity index (χ2n) is 14.3. The van der Waals surface area contributed by atoms with Crippen LogP contribution in [0.15, 0.2) is 11.1 Å². The Hall–Kier alpha value is -0.950. The number of hydrogen-bond acceptors (Lipinski definition) is 6. The minimum Gasteiger partial charge on any atom is -0.462 e. The van der Waals surface area contributed by atoms with Crippen LogP contribution < -0.4 is 0 Å². The molecular formula is C31H52O6. The highest BCUT2D eigenvalue weighted by Crippen LogP contribution is 2.69. The van der Waals surface area contributed by atoms with Gasteiger partial charge in [0.15, 0.2) is 0 Å². The van der Waals surface area contributed by atoms with E-state index in [1.54, 1.807) is 0 Å². The van der Waals surface area contributed by atoms with Gasteiger partial charge in [0, 0.05) is 24.7 Å². The van der Waals surface area contributed by atoms with E-state index in [1.807, 2.05) is 6.92 Å². The number of ether oxygens (including phenoxy) is 1. The average Bonchev–Trinajstić information content (AvgIpc) is 3.04. The number of allylic oxidation sites excluding steroid dienone is 1. The number of rotatable bonds is 5. The molecular weight excluding hydrogens is 468 g/mol. The average molecular weight is 521 g/mol. The highest BCUT2D eigenvalue weighted by molar-refractivity contribution is 5.66. The molecule has 12 atom stereocenters. The summed E-state index contributed by atoms with van der Waals surface area (Å²) in [6.45, 7) is 17.0. The van der Waals surface area contributed by atoms with E-state index in [9.17, 15) is 25.2 Å². The van der Waals surface area contributed by atoms with Gasteiger partial charge in [-0.05, 0) is 86.0 Å². The smallest absolute Gasteiger partial charge is 0.302 e. The maximum absolute atomic E-state index is 12.4. The standard InChI is InChI=1S/C31H52O6/c1-16(2)19(5)17(3)11-18(4)27-24(34)13-23-22-12-26(35)31(36)14-21(33)9-10-30(31,8)28(22)25(37-20(6)32)15-29(23,27)7/h16-17,19,21-26,28,33-36H,9-15H2,1-8H3/b27-18+/t17-,19-,21+,22+,23+,24-,25-,26-,28-,29+,30-,31+/m1/s1. The summed E-state index contributed by atoms with van der Waals surface area (Å²) in [5.41, 5.74) is -0.103. The SMILES string of the molecule is CC(=O)O[C@@H]1C[C@]2(C)/C(=C(\C)C[C@@H](C)[C@H](C)C(C)C)[C@H](O)C[C@H]2[C@@H]2C[C@@H](O)[C@@]3(O)C[C@@H](O)CC[C@]3(C)[C@H]21. The molecule has 0 amide bonds. The van der Waals surface area contributed by atoms with Crippen molar-refractivity contribution in [3.05, 3.63) is 11.1 Å². The first-order valence-corrected chi connectivity index (χ1v) is 14.7. The minimum atomic E-state index is -1.42. The van der Waals surface area contributed by atoms with Gasteiger partial charge in [0.25, 0.3) is 0 Å². The van der Waals surface area contributed by atoms with Crippen molar-refractivity contribution in [3.63, 3.8) is 0 Å². The molecule has 4 aliphatic rings. The van der Waals surface area contributed by atoms with Crippen LogP contribution in [0.2, 0.25) is 0 Å². The van der Waals surface area contributed by atoms with Crippen LogP contribution in [-0.4, -0.2) is 56.4 Å². The van der Waals surface area contributed by atoms with Crippen molar-refractivity contribution in [1.29, 1.82) is 0 Å². The lowest BCUT2D eigenvalue weighted by atomic mass is 9.42. The lowest BCUT2D eigenvalue weighted by Gasteiger charge is -2.66. The van der Waals surface area contributed by atoms with Crippen LogP contribution in [0.3, 0.4) is 0 Å². The fraction of sp³-hybridized carbons (Fsp3) is 0.903. The topological polar surface area (TPSA) is 107 Å². The second-order valence-corrected chi connectivity index (χ2v) is 14.3. The monoisotopic (exact) mass is 520 g/mol. The van der Waals surface area contributed by atoms with E-state index in [1.165, 1.54) is 12.5 Å². The molecule has 4 fully saturated rings. The van der Waals surface area contributed by atoms with Gasteiger partial charge in [-0.25, -0.2) is 0 Å². The summed E-state index contributed by atoms with van der Waals surface area (Å²) in [5, 5.41) is 45.2. The first kappa shape index (κ1) is 29.0. The number of hydrogen-bond donors (Lipinski definition) is 4. The Morgan fingerprint density at radius 1 is 1.05 bits per heavy atom. The molecule has 4 aliphatic carbocycles. The largest absolute Gasteiger partial charge is 0.462 e. The number of carbonyl (C=O) groups is 1. The summed E-state index contributed by atoms with van der Waals surface area (Å²) in [4.78, 5) is 12.4. The summed E-state index contributed by atoms with van der Waals surface area (Å²) < 4.78 is 6.07. The zero-order valence-electron chi connectivity index (χ0n) is 24.3. The number of carbonyl (C=O) groups excluding carboxylic acids is 1. The van der Waals surface area contributed by atoms with Crippen LogP contribution in [-0.2, 0) is 9.53 Å². The van der Waals surface area contributed by atoms with Crippen LogP contribution >= 0.6 is 0 Å². The molecule has 0 heterocycles. The third-order valence-corrected chi connectivity index (χ3v) is 11.9. The highest BCUT2D eigenvalue weighted by atomic mass is 16.5. The van der Waals surface area contributed by atoms with Crippen molar-refractivity contribution in [3.8, 4) is 0 Å². The Labute approximate surface area is 223 Å².